The van der Waals surface area contributed by atoms with E-state index in [1.54, 1.807) is 7.05 Å². The molecule has 2 saturated heterocycles. The molecule has 1 aromatic rings. The highest BCUT2D eigenvalue weighted by molar-refractivity contribution is 5.77. The fourth-order valence-electron chi connectivity index (χ4n) is 7.68. The number of carbonyl (C=O) groups excluding carboxylic acids is 1. The molecule has 0 radical (unpaired) electrons. The van der Waals surface area contributed by atoms with Crippen LogP contribution in [-0.4, -0.2) is 107 Å². The molecule has 7 N–H and O–H groups in total. The van der Waals surface area contributed by atoms with Crippen molar-refractivity contribution in [1.29, 1.82) is 0 Å². The molecule has 4 rings (SSSR count). The lowest BCUT2D eigenvalue weighted by Crippen LogP contribution is -2.68. The monoisotopic (exact) mass is 687 g/mol. The highest BCUT2D eigenvalue weighted by atomic mass is 19.3. The number of benzene rings is 1. The van der Waals surface area contributed by atoms with E-state index in [9.17, 15) is 39.1 Å². The van der Waals surface area contributed by atoms with Crippen molar-refractivity contribution in [2.45, 2.75) is 154 Å². The molecule has 8 unspecified atom stereocenters. The van der Waals surface area contributed by atoms with E-state index in [-0.39, 0.29) is 62.3 Å². The summed E-state index contributed by atoms with van der Waals surface area (Å²) in [6, 6.07) is 8.77. The van der Waals surface area contributed by atoms with Crippen molar-refractivity contribution in [3.05, 3.63) is 35.9 Å². The second kappa shape index (κ2) is 16.0. The summed E-state index contributed by atoms with van der Waals surface area (Å²) in [6.07, 6.45) is -0.453. The summed E-state index contributed by atoms with van der Waals surface area (Å²) in [5.74, 6) is -9.19. The highest BCUT2D eigenvalue weighted by Gasteiger charge is 2.58. The molecule has 8 atom stereocenters. The second-order valence-electron chi connectivity index (χ2n) is 14.0. The lowest BCUT2D eigenvalue weighted by Gasteiger charge is -2.46. The Labute approximate surface area is 284 Å². The number of amides is 1. The number of aliphatic hydroxyl groups is 5. The summed E-state index contributed by atoms with van der Waals surface area (Å²) in [6.45, 7) is 13.0. The summed E-state index contributed by atoms with van der Waals surface area (Å²) >= 11 is 0. The number of rotatable bonds is 12. The van der Waals surface area contributed by atoms with Crippen LogP contribution in [-0.2, 0) is 16.1 Å². The van der Waals surface area contributed by atoms with Crippen LogP contribution >= 0.6 is 0 Å². The molecule has 1 saturated carbocycles. The van der Waals surface area contributed by atoms with E-state index in [2.05, 4.69) is 17.8 Å². The van der Waals surface area contributed by atoms with E-state index in [4.69, 9.17) is 4.84 Å². The van der Waals surface area contributed by atoms with Crippen molar-refractivity contribution in [2.24, 2.45) is 11.8 Å². The Balaban J connectivity index is 0.00000307. The van der Waals surface area contributed by atoms with E-state index in [1.165, 1.54) is 5.01 Å². The number of hydrogen-bond acceptors (Lipinski definition) is 11. The summed E-state index contributed by atoms with van der Waals surface area (Å²) in [5.41, 5.74) is 4.17. The molecule has 0 bridgehead atoms. The highest BCUT2D eigenvalue weighted by Crippen LogP contribution is 2.41. The molecule has 1 aromatic carbocycles. The first-order chi connectivity index (χ1) is 22.3. The molecule has 3 fully saturated rings. The minimum Gasteiger partial charge on any atom is -0.379 e. The number of hydrazine groups is 1. The Hall–Kier alpha value is -1.85. The number of likely N-dealkylation sites (tertiary alicyclic amines) is 1. The molecule has 3 aliphatic rings. The number of nitrogens with zero attached hydrogens (tertiary/aromatic N) is 3. The zero-order valence-corrected chi connectivity index (χ0v) is 29.7. The minimum atomic E-state index is -3.39. The molecule has 2 aliphatic heterocycles. The molecule has 12 nitrogen and oxygen atoms in total. The number of nitrogens with one attached hydrogen (secondary N) is 2. The van der Waals surface area contributed by atoms with Crippen LogP contribution in [0.2, 0.25) is 0 Å². The van der Waals surface area contributed by atoms with Gasteiger partial charge < -0.3 is 25.5 Å². The topological polar surface area (TPSA) is 161 Å². The van der Waals surface area contributed by atoms with Gasteiger partial charge in [0.05, 0.1) is 6.17 Å². The molecule has 1 amide bonds. The van der Waals surface area contributed by atoms with Gasteiger partial charge in [-0.2, -0.15) is 0 Å². The SMILES string of the molecule is CC.CC1CC(CC(C)N2C(C)NN(C)C2C(C)(O)C(O)(O)O)N(C(O)(CCc2ccccc2)ONC(=O)C2CCC(F)(F)CC2)C1C. The maximum Gasteiger partial charge on any atom is 0.308 e. The lowest BCUT2D eigenvalue weighted by molar-refractivity contribution is -0.403. The van der Waals surface area contributed by atoms with E-state index >= 15 is 0 Å². The molecular weight excluding hydrogens is 628 g/mol. The zero-order valence-electron chi connectivity index (χ0n) is 29.7. The molecule has 48 heavy (non-hydrogen) atoms. The average molecular weight is 688 g/mol. The third kappa shape index (κ3) is 9.08. The Morgan fingerprint density at radius 1 is 1.08 bits per heavy atom. The van der Waals surface area contributed by atoms with Crippen molar-refractivity contribution in [3.8, 4) is 0 Å². The van der Waals surface area contributed by atoms with E-state index < -0.39 is 41.4 Å². The minimum absolute atomic E-state index is 0.0280. The van der Waals surface area contributed by atoms with Gasteiger partial charge in [0, 0.05) is 50.4 Å². The van der Waals surface area contributed by atoms with E-state index in [1.807, 2.05) is 74.8 Å². The summed E-state index contributed by atoms with van der Waals surface area (Å²) in [7, 11) is 1.63. The average Bonchev–Trinajstić information content (AvgIpc) is 3.48. The van der Waals surface area contributed by atoms with Gasteiger partial charge in [-0.25, -0.2) is 34.4 Å². The fraction of sp³-hybridized carbons (Fsp3) is 0.794. The third-order valence-corrected chi connectivity index (χ3v) is 10.5. The van der Waals surface area contributed by atoms with E-state index in [0.29, 0.717) is 19.3 Å². The Bertz CT molecular complexity index is 1170. The van der Waals surface area contributed by atoms with Gasteiger partial charge in [0.2, 0.25) is 11.8 Å². The second-order valence-corrected chi connectivity index (χ2v) is 14.0. The molecule has 2 heterocycles. The molecular formula is C34H59F2N5O7. The quantitative estimate of drug-likeness (QED) is 0.128. The Kier molecular flexibility index (Phi) is 13.5. The fourth-order valence-corrected chi connectivity index (χ4v) is 7.68. The van der Waals surface area contributed by atoms with Gasteiger partial charge in [-0.1, -0.05) is 51.1 Å². The largest absolute Gasteiger partial charge is 0.379 e. The van der Waals surface area contributed by atoms with Crippen molar-refractivity contribution >= 4 is 5.91 Å². The van der Waals surface area contributed by atoms with Crippen LogP contribution in [0.25, 0.3) is 0 Å². The number of hydrogen-bond donors (Lipinski definition) is 7. The zero-order chi connectivity index (χ0) is 36.2. The van der Waals surface area contributed by atoms with Crippen molar-refractivity contribution in [2.75, 3.05) is 7.05 Å². The van der Waals surface area contributed by atoms with E-state index in [0.717, 1.165) is 12.5 Å². The number of likely N-dealkylation sites (N-methyl/N-ethyl adjacent to an activating group) is 1. The third-order valence-electron chi connectivity index (χ3n) is 10.5. The van der Waals surface area contributed by atoms with Gasteiger partial charge in [-0.3, -0.25) is 9.69 Å². The summed E-state index contributed by atoms with van der Waals surface area (Å²) in [5, 5.41) is 55.0. The molecule has 0 aromatic heterocycles. The van der Waals surface area contributed by atoms with Crippen molar-refractivity contribution < 1.29 is 43.9 Å². The van der Waals surface area contributed by atoms with Crippen LogP contribution in [0.3, 0.4) is 0 Å². The van der Waals surface area contributed by atoms with Crippen LogP contribution in [0, 0.1) is 11.8 Å². The lowest BCUT2D eigenvalue weighted by atomic mass is 9.86. The van der Waals surface area contributed by atoms with Gasteiger partial charge in [0.15, 0.2) is 5.60 Å². The Morgan fingerprint density at radius 2 is 1.67 bits per heavy atom. The van der Waals surface area contributed by atoms with Crippen molar-refractivity contribution in [1.82, 2.24) is 25.7 Å². The molecule has 14 heteroatoms. The number of hydroxylamine groups is 1. The molecule has 276 valence electrons. The normalized spacial score (nSPS) is 30.6. The molecule has 0 spiro atoms. The molecule has 1 aliphatic carbocycles. The number of halogens is 2. The first-order valence-corrected chi connectivity index (χ1v) is 17.3. The predicted molar refractivity (Wildman–Crippen MR) is 176 cm³/mol. The van der Waals surface area contributed by atoms with Crippen LogP contribution < -0.4 is 10.9 Å². The number of carbonyl (C=O) groups is 1. The first kappa shape index (κ1) is 40.6. The van der Waals surface area contributed by atoms with Crippen LogP contribution in [0.5, 0.6) is 0 Å². The van der Waals surface area contributed by atoms with Crippen LogP contribution in [0.1, 0.15) is 99.0 Å². The van der Waals surface area contributed by atoms with Gasteiger partial charge >= 0.3 is 5.97 Å². The van der Waals surface area contributed by atoms with Crippen molar-refractivity contribution in [3.63, 3.8) is 0 Å². The van der Waals surface area contributed by atoms with Gasteiger partial charge in [-0.15, -0.1) is 0 Å². The standard InChI is InChI=1S/C32H53F2N5O7.C2H6/c1-20-18-26(19-21(2)38-23(4)35-37(6)28(38)29(5,41)32(43,44)45)39(22(20)3)31(42,17-12-24-10-8-7-9-11-24)46-36-27(40)25-13-15-30(33,34)16-14-25;1-2/h7-11,20-23,25-26,28,35,41-45H,12-19H2,1-6H3,(H,36,40);1-2H3. The van der Waals surface area contributed by atoms with Gasteiger partial charge in [-0.05, 0) is 71.3 Å². The predicted octanol–water partition coefficient (Wildman–Crippen LogP) is 2.85. The Morgan fingerprint density at radius 3 is 2.23 bits per heavy atom. The maximum atomic E-state index is 13.7. The summed E-state index contributed by atoms with van der Waals surface area (Å²) in [4.78, 5) is 22.7. The number of aryl methyl sites for hydroxylation is 1. The maximum absolute atomic E-state index is 13.7. The van der Waals surface area contributed by atoms with Crippen LogP contribution in [0.15, 0.2) is 30.3 Å². The number of alkyl halides is 2. The van der Waals surface area contributed by atoms with Gasteiger partial charge in [0.1, 0.15) is 6.17 Å². The smallest absolute Gasteiger partial charge is 0.308 e. The summed E-state index contributed by atoms with van der Waals surface area (Å²) < 4.78 is 27.5. The van der Waals surface area contributed by atoms with Gasteiger partial charge in [0.25, 0.3) is 5.91 Å². The van der Waals surface area contributed by atoms with Crippen LogP contribution in [0.4, 0.5) is 8.78 Å². The first-order valence-electron chi connectivity index (χ1n) is 17.3.